The van der Waals surface area contributed by atoms with Crippen LogP contribution in [-0.4, -0.2) is 60.4 Å². The predicted octanol–water partition coefficient (Wildman–Crippen LogP) is 4.73. The van der Waals surface area contributed by atoms with Gasteiger partial charge in [-0.3, -0.25) is 4.79 Å². The Labute approximate surface area is 201 Å². The smallest absolute Gasteiger partial charge is 0.277 e. The first-order chi connectivity index (χ1) is 15.9. The van der Waals surface area contributed by atoms with Crippen LogP contribution in [-0.2, 0) is 14.3 Å². The molecule has 0 unspecified atom stereocenters. The van der Waals surface area contributed by atoms with Gasteiger partial charge in [0, 0.05) is 50.0 Å². The summed E-state index contributed by atoms with van der Waals surface area (Å²) in [6.07, 6.45) is 3.05. The number of rotatable bonds is 17. The Balaban J connectivity index is 1.48. The molecule has 0 radical (unpaired) electrons. The molecule has 1 heterocycles. The lowest BCUT2D eigenvalue weighted by atomic mass is 10.2. The number of carbonyl (C=O) groups is 1. The van der Waals surface area contributed by atoms with Gasteiger partial charge in [-0.1, -0.05) is 25.6 Å². The summed E-state index contributed by atoms with van der Waals surface area (Å²) < 4.78 is 22.5. The molecule has 1 aromatic heterocycles. The molecular weight excluding hydrogens is 442 g/mol. The molecule has 0 aliphatic heterocycles. The molecule has 0 bridgehead atoms. The molecule has 0 aliphatic carbocycles. The summed E-state index contributed by atoms with van der Waals surface area (Å²) in [6.45, 7) is 11.2. The third-order valence-corrected chi connectivity index (χ3v) is 5.17. The molecule has 1 aromatic carbocycles. The van der Waals surface area contributed by atoms with Crippen LogP contribution in [0.4, 0.5) is 0 Å². The lowest BCUT2D eigenvalue weighted by molar-refractivity contribution is -0.121. The lowest BCUT2D eigenvalue weighted by Gasteiger charge is -2.09. The Bertz CT molecular complexity index is 796. The molecule has 33 heavy (non-hydrogen) atoms. The van der Waals surface area contributed by atoms with Crippen LogP contribution in [0, 0.1) is 0 Å². The normalized spacial score (nSPS) is 11.3. The van der Waals surface area contributed by atoms with E-state index in [1.165, 1.54) is 0 Å². The second kappa shape index (κ2) is 15.7. The predicted molar refractivity (Wildman–Crippen MR) is 130 cm³/mol. The van der Waals surface area contributed by atoms with Crippen molar-refractivity contribution in [3.05, 3.63) is 24.3 Å². The molecule has 8 nitrogen and oxygen atoms in total. The number of hydrogen-bond donors (Lipinski definition) is 1. The van der Waals surface area contributed by atoms with Gasteiger partial charge in [0.15, 0.2) is 0 Å². The van der Waals surface area contributed by atoms with Crippen molar-refractivity contribution in [2.24, 2.45) is 0 Å². The summed E-state index contributed by atoms with van der Waals surface area (Å²) in [7, 11) is 0. The van der Waals surface area contributed by atoms with Gasteiger partial charge in [0.1, 0.15) is 5.75 Å². The molecule has 2 aromatic rings. The first kappa shape index (κ1) is 27.1. The molecule has 0 atom stereocenters. The maximum atomic E-state index is 11.7. The quantitative estimate of drug-likeness (QED) is 0.257. The third-order valence-electron chi connectivity index (χ3n) is 4.33. The number of benzene rings is 1. The molecule has 1 N–H and O–H groups in total. The van der Waals surface area contributed by atoms with Crippen molar-refractivity contribution in [3.8, 4) is 17.2 Å². The topological polar surface area (TPSA) is 95.7 Å². The van der Waals surface area contributed by atoms with Gasteiger partial charge < -0.3 is 23.9 Å². The standard InChI is InChI=1S/C24H37N3O5S/c1-18(2)30-16-5-8-22(28)25-13-6-14-29-15-7-17-31-21-11-9-20(10-12-21)23-26-27-24(32-23)33-19(3)4/h9-12,18-19H,5-8,13-17H2,1-4H3,(H,25,28). The number of amides is 1. The zero-order chi connectivity index (χ0) is 23.9. The minimum atomic E-state index is 0.0655. The summed E-state index contributed by atoms with van der Waals surface area (Å²) in [5.74, 6) is 1.36. The van der Waals surface area contributed by atoms with Gasteiger partial charge in [-0.25, -0.2) is 0 Å². The highest BCUT2D eigenvalue weighted by atomic mass is 32.2. The van der Waals surface area contributed by atoms with Crippen LogP contribution in [0.15, 0.2) is 33.9 Å². The third kappa shape index (κ3) is 12.1. The minimum Gasteiger partial charge on any atom is -0.494 e. The summed E-state index contributed by atoms with van der Waals surface area (Å²) in [5.41, 5.74) is 0.866. The second-order valence-corrected chi connectivity index (χ2v) is 9.63. The van der Waals surface area contributed by atoms with Crippen molar-refractivity contribution < 1.29 is 23.4 Å². The van der Waals surface area contributed by atoms with Crippen LogP contribution >= 0.6 is 11.8 Å². The van der Waals surface area contributed by atoms with E-state index in [0.29, 0.717) is 55.8 Å². The van der Waals surface area contributed by atoms with E-state index in [4.69, 9.17) is 18.6 Å². The SMILES string of the molecule is CC(C)OCCCC(=O)NCCCOCCCOc1ccc(-c2nnc(SC(C)C)o2)cc1. The Morgan fingerprint density at radius 1 is 1.00 bits per heavy atom. The fourth-order valence-corrected chi connectivity index (χ4v) is 3.38. The Kier molecular flexibility index (Phi) is 12.9. The fourth-order valence-electron chi connectivity index (χ4n) is 2.76. The van der Waals surface area contributed by atoms with E-state index < -0.39 is 0 Å². The number of ether oxygens (including phenoxy) is 3. The van der Waals surface area contributed by atoms with Crippen molar-refractivity contribution >= 4 is 17.7 Å². The zero-order valence-corrected chi connectivity index (χ0v) is 21.0. The van der Waals surface area contributed by atoms with Crippen LogP contribution in [0.1, 0.15) is 53.4 Å². The van der Waals surface area contributed by atoms with Gasteiger partial charge in [-0.2, -0.15) is 0 Å². The van der Waals surface area contributed by atoms with Gasteiger partial charge in [0.25, 0.3) is 5.22 Å². The molecule has 0 saturated carbocycles. The van der Waals surface area contributed by atoms with Gasteiger partial charge in [-0.15, -0.1) is 10.2 Å². The van der Waals surface area contributed by atoms with E-state index in [-0.39, 0.29) is 12.0 Å². The van der Waals surface area contributed by atoms with Gasteiger partial charge in [0.05, 0.1) is 12.7 Å². The maximum absolute atomic E-state index is 11.7. The summed E-state index contributed by atoms with van der Waals surface area (Å²) in [6, 6.07) is 7.62. The Hall–Kier alpha value is -2.10. The summed E-state index contributed by atoms with van der Waals surface area (Å²) in [4.78, 5) is 11.7. The largest absolute Gasteiger partial charge is 0.494 e. The second-order valence-electron chi connectivity index (χ2n) is 8.11. The number of carbonyl (C=O) groups excluding carboxylic acids is 1. The van der Waals surface area contributed by atoms with Gasteiger partial charge >= 0.3 is 0 Å². The molecule has 0 fully saturated rings. The maximum Gasteiger partial charge on any atom is 0.277 e. The van der Waals surface area contributed by atoms with Crippen molar-refractivity contribution in [1.29, 1.82) is 0 Å². The van der Waals surface area contributed by atoms with Crippen molar-refractivity contribution in [3.63, 3.8) is 0 Å². The first-order valence-corrected chi connectivity index (χ1v) is 12.5. The molecule has 2 rings (SSSR count). The first-order valence-electron chi connectivity index (χ1n) is 11.6. The van der Waals surface area contributed by atoms with E-state index in [0.717, 1.165) is 30.6 Å². The average molecular weight is 480 g/mol. The monoisotopic (exact) mass is 479 g/mol. The molecule has 0 spiro atoms. The summed E-state index contributed by atoms with van der Waals surface area (Å²) in [5, 5.41) is 12.0. The summed E-state index contributed by atoms with van der Waals surface area (Å²) >= 11 is 1.54. The van der Waals surface area contributed by atoms with E-state index in [9.17, 15) is 4.79 Å². The average Bonchev–Trinajstić information content (AvgIpc) is 3.23. The molecular formula is C24H37N3O5S. The Morgan fingerprint density at radius 2 is 1.76 bits per heavy atom. The zero-order valence-electron chi connectivity index (χ0n) is 20.2. The minimum absolute atomic E-state index is 0.0655. The van der Waals surface area contributed by atoms with Crippen LogP contribution in [0.2, 0.25) is 0 Å². The number of nitrogens with one attached hydrogen (secondary N) is 1. The van der Waals surface area contributed by atoms with Crippen LogP contribution in [0.25, 0.3) is 11.5 Å². The molecule has 184 valence electrons. The van der Waals surface area contributed by atoms with Crippen molar-refractivity contribution in [2.75, 3.05) is 33.0 Å². The lowest BCUT2D eigenvalue weighted by Crippen LogP contribution is -2.25. The highest BCUT2D eigenvalue weighted by molar-refractivity contribution is 7.99. The van der Waals surface area contributed by atoms with Crippen LogP contribution in [0.3, 0.4) is 0 Å². The molecule has 1 amide bonds. The number of hydrogen-bond acceptors (Lipinski definition) is 8. The van der Waals surface area contributed by atoms with Crippen LogP contribution in [0.5, 0.6) is 5.75 Å². The highest BCUT2D eigenvalue weighted by Gasteiger charge is 2.10. The molecule has 0 saturated heterocycles. The van der Waals surface area contributed by atoms with Crippen molar-refractivity contribution in [1.82, 2.24) is 15.5 Å². The molecule has 9 heteroatoms. The number of thioether (sulfide) groups is 1. The number of nitrogens with zero attached hydrogens (tertiary/aromatic N) is 2. The number of aromatic nitrogens is 2. The molecule has 0 aliphatic rings. The van der Waals surface area contributed by atoms with E-state index in [1.54, 1.807) is 11.8 Å². The van der Waals surface area contributed by atoms with E-state index in [1.807, 2.05) is 38.1 Å². The van der Waals surface area contributed by atoms with Gasteiger partial charge in [-0.05, 0) is 51.0 Å². The van der Waals surface area contributed by atoms with E-state index >= 15 is 0 Å². The van der Waals surface area contributed by atoms with Gasteiger partial charge in [0.2, 0.25) is 11.8 Å². The van der Waals surface area contributed by atoms with Crippen molar-refractivity contribution in [2.45, 2.75) is 70.0 Å². The fraction of sp³-hybridized carbons (Fsp3) is 0.625. The highest BCUT2D eigenvalue weighted by Crippen LogP contribution is 2.26. The van der Waals surface area contributed by atoms with Crippen LogP contribution < -0.4 is 10.1 Å². The Morgan fingerprint density at radius 3 is 2.48 bits per heavy atom. The van der Waals surface area contributed by atoms with E-state index in [2.05, 4.69) is 29.4 Å².